The van der Waals surface area contributed by atoms with E-state index >= 15 is 0 Å². The van der Waals surface area contributed by atoms with E-state index in [0.29, 0.717) is 22.3 Å². The number of aromatic nitrogens is 5. The second-order valence-electron chi connectivity index (χ2n) is 5.22. The van der Waals surface area contributed by atoms with E-state index in [4.69, 9.17) is 0 Å². The molecule has 8 nitrogen and oxygen atoms in total. The first-order valence-corrected chi connectivity index (χ1v) is 8.95. The topological polar surface area (TPSA) is 104 Å². The number of aromatic amines is 2. The van der Waals surface area contributed by atoms with Gasteiger partial charge in [0.05, 0.1) is 22.8 Å². The molecule has 0 saturated heterocycles. The van der Waals surface area contributed by atoms with Gasteiger partial charge in [-0.25, -0.2) is 9.97 Å². The van der Waals surface area contributed by atoms with Crippen molar-refractivity contribution < 1.29 is 0 Å². The van der Waals surface area contributed by atoms with Gasteiger partial charge in [0, 0.05) is 21.7 Å². The van der Waals surface area contributed by atoms with Crippen molar-refractivity contribution in [2.45, 2.75) is 6.92 Å². The van der Waals surface area contributed by atoms with Crippen LogP contribution in [0.15, 0.2) is 44.1 Å². The first-order valence-electron chi connectivity index (χ1n) is 7.27. The normalized spacial score (nSPS) is 11.6. The second kappa shape index (κ2) is 6.30. The lowest BCUT2D eigenvalue weighted by atomic mass is 10.3. The highest BCUT2D eigenvalue weighted by Crippen LogP contribution is 2.18. The number of aryl methyl sites for hydroxylation is 1. The van der Waals surface area contributed by atoms with Crippen molar-refractivity contribution in [1.82, 2.24) is 24.7 Å². The summed E-state index contributed by atoms with van der Waals surface area (Å²) in [5.41, 5.74) is 5.31. The molecular weight excluding hydrogens is 406 g/mol. The van der Waals surface area contributed by atoms with E-state index in [1.807, 2.05) is 30.5 Å². The standard InChI is InChI=1S/C15H12BrN7OS/c1-8-10(7-18-21-15-17-4-5-25-15)13(24)23(22-8)14-19-11-3-2-9(16)6-12(11)20-14/h2-7,22H,1H3,(H,17,21)(H,19,20). The van der Waals surface area contributed by atoms with E-state index in [-0.39, 0.29) is 5.56 Å². The first kappa shape index (κ1) is 15.8. The fourth-order valence-electron chi connectivity index (χ4n) is 2.37. The maximum absolute atomic E-state index is 12.7. The highest BCUT2D eigenvalue weighted by molar-refractivity contribution is 9.10. The van der Waals surface area contributed by atoms with Gasteiger partial charge in [0.25, 0.3) is 5.56 Å². The molecule has 3 N–H and O–H groups in total. The predicted octanol–water partition coefficient (Wildman–Crippen LogP) is 3.02. The van der Waals surface area contributed by atoms with Crippen molar-refractivity contribution in [1.29, 1.82) is 0 Å². The molecule has 0 spiro atoms. The maximum atomic E-state index is 12.7. The van der Waals surface area contributed by atoms with Crippen molar-refractivity contribution in [2.75, 3.05) is 5.43 Å². The van der Waals surface area contributed by atoms with Crippen LogP contribution in [0.5, 0.6) is 0 Å². The van der Waals surface area contributed by atoms with E-state index in [1.165, 1.54) is 22.2 Å². The number of thiazole rings is 1. The lowest BCUT2D eigenvalue weighted by molar-refractivity contribution is 0.791. The van der Waals surface area contributed by atoms with E-state index in [2.05, 4.69) is 46.5 Å². The second-order valence-corrected chi connectivity index (χ2v) is 7.03. The fourth-order valence-corrected chi connectivity index (χ4v) is 3.20. The molecule has 0 aliphatic rings. The number of rotatable bonds is 4. The third kappa shape index (κ3) is 3.01. The summed E-state index contributed by atoms with van der Waals surface area (Å²) in [7, 11) is 0. The fraction of sp³-hybridized carbons (Fsp3) is 0.0667. The number of H-pyrrole nitrogens is 2. The largest absolute Gasteiger partial charge is 0.322 e. The third-order valence-electron chi connectivity index (χ3n) is 3.55. The number of hydrogen-bond acceptors (Lipinski definition) is 6. The number of anilines is 1. The van der Waals surface area contributed by atoms with Gasteiger partial charge in [-0.3, -0.25) is 15.3 Å². The monoisotopic (exact) mass is 417 g/mol. The van der Waals surface area contributed by atoms with Crippen LogP contribution in [0.1, 0.15) is 11.3 Å². The number of nitrogens with one attached hydrogen (secondary N) is 3. The summed E-state index contributed by atoms with van der Waals surface area (Å²) >= 11 is 4.85. The van der Waals surface area contributed by atoms with E-state index in [1.54, 1.807) is 6.20 Å². The van der Waals surface area contributed by atoms with Gasteiger partial charge in [0.15, 0.2) is 0 Å². The lowest BCUT2D eigenvalue weighted by Crippen LogP contribution is -2.18. The van der Waals surface area contributed by atoms with Gasteiger partial charge >= 0.3 is 0 Å². The van der Waals surface area contributed by atoms with Crippen LogP contribution in [0, 0.1) is 6.92 Å². The minimum absolute atomic E-state index is 0.236. The molecule has 0 aliphatic carbocycles. The molecule has 1 aromatic carbocycles. The Kier molecular flexibility index (Phi) is 3.98. The van der Waals surface area contributed by atoms with Gasteiger partial charge < -0.3 is 4.98 Å². The summed E-state index contributed by atoms with van der Waals surface area (Å²) in [6, 6.07) is 5.69. The maximum Gasteiger partial charge on any atom is 0.283 e. The van der Waals surface area contributed by atoms with Crippen LogP contribution < -0.4 is 11.0 Å². The Hall–Kier alpha value is -2.72. The predicted molar refractivity (Wildman–Crippen MR) is 102 cm³/mol. The quantitative estimate of drug-likeness (QED) is 0.350. The van der Waals surface area contributed by atoms with Crippen LogP contribution >= 0.6 is 27.3 Å². The Morgan fingerprint density at radius 3 is 3.12 bits per heavy atom. The van der Waals surface area contributed by atoms with Gasteiger partial charge in [0.1, 0.15) is 0 Å². The number of halogens is 1. The van der Waals surface area contributed by atoms with E-state index in [0.717, 1.165) is 15.5 Å². The molecule has 0 radical (unpaired) electrons. The number of imidazole rings is 1. The van der Waals surface area contributed by atoms with Gasteiger partial charge in [-0.05, 0) is 25.1 Å². The summed E-state index contributed by atoms with van der Waals surface area (Å²) in [6.45, 7) is 1.81. The molecule has 0 atom stereocenters. The van der Waals surface area contributed by atoms with Crippen molar-refractivity contribution in [3.05, 3.63) is 55.9 Å². The Balaban J connectivity index is 1.68. The van der Waals surface area contributed by atoms with Crippen LogP contribution in [-0.4, -0.2) is 30.9 Å². The molecule has 126 valence electrons. The first-order chi connectivity index (χ1) is 12.1. The van der Waals surface area contributed by atoms with Crippen LogP contribution in [-0.2, 0) is 0 Å². The van der Waals surface area contributed by atoms with Gasteiger partial charge in [-0.2, -0.15) is 9.78 Å². The zero-order valence-corrected chi connectivity index (χ0v) is 15.3. The average molecular weight is 418 g/mol. The Bertz CT molecular complexity index is 1120. The highest BCUT2D eigenvalue weighted by atomic mass is 79.9. The van der Waals surface area contributed by atoms with Crippen LogP contribution in [0.3, 0.4) is 0 Å². The molecule has 0 unspecified atom stereocenters. The number of benzene rings is 1. The molecule has 10 heteroatoms. The molecule has 0 aliphatic heterocycles. The molecule has 0 amide bonds. The summed E-state index contributed by atoms with van der Waals surface area (Å²) in [4.78, 5) is 24.3. The smallest absolute Gasteiger partial charge is 0.283 e. The SMILES string of the molecule is Cc1[nH]n(-c2nc3ccc(Br)cc3[nH]2)c(=O)c1C=NNc1nccs1. The molecule has 25 heavy (non-hydrogen) atoms. The molecule has 3 aromatic heterocycles. The van der Waals surface area contributed by atoms with Crippen LogP contribution in [0.4, 0.5) is 5.13 Å². The summed E-state index contributed by atoms with van der Waals surface area (Å²) in [5, 5.41) is 9.58. The molecule has 0 bridgehead atoms. The van der Waals surface area contributed by atoms with Crippen molar-refractivity contribution >= 4 is 49.6 Å². The minimum Gasteiger partial charge on any atom is -0.322 e. The van der Waals surface area contributed by atoms with Crippen molar-refractivity contribution in [3.8, 4) is 5.95 Å². The molecule has 3 heterocycles. The number of nitrogens with zero attached hydrogens (tertiary/aromatic N) is 4. The van der Waals surface area contributed by atoms with E-state index < -0.39 is 0 Å². The molecule has 0 fully saturated rings. The number of hydrogen-bond donors (Lipinski definition) is 3. The van der Waals surface area contributed by atoms with Crippen LogP contribution in [0.25, 0.3) is 17.0 Å². The Labute approximate surface area is 153 Å². The van der Waals surface area contributed by atoms with Gasteiger partial charge in [-0.1, -0.05) is 15.9 Å². The van der Waals surface area contributed by atoms with E-state index in [9.17, 15) is 4.79 Å². The third-order valence-corrected chi connectivity index (χ3v) is 4.72. The zero-order valence-electron chi connectivity index (χ0n) is 12.9. The molecular formula is C15H12BrN7OS. The lowest BCUT2D eigenvalue weighted by Gasteiger charge is -1.93. The zero-order chi connectivity index (χ0) is 17.4. The van der Waals surface area contributed by atoms with Crippen molar-refractivity contribution in [2.24, 2.45) is 5.10 Å². The Morgan fingerprint density at radius 1 is 1.44 bits per heavy atom. The minimum atomic E-state index is -0.236. The van der Waals surface area contributed by atoms with Gasteiger partial charge in [-0.15, -0.1) is 11.3 Å². The highest BCUT2D eigenvalue weighted by Gasteiger charge is 2.14. The molecule has 0 saturated carbocycles. The number of fused-ring (bicyclic) bond motifs is 1. The molecule has 4 aromatic rings. The summed E-state index contributed by atoms with van der Waals surface area (Å²) in [5.74, 6) is 0.425. The number of hydrazone groups is 1. The Morgan fingerprint density at radius 2 is 2.32 bits per heavy atom. The van der Waals surface area contributed by atoms with Crippen molar-refractivity contribution in [3.63, 3.8) is 0 Å². The summed E-state index contributed by atoms with van der Waals surface area (Å²) in [6.07, 6.45) is 3.16. The van der Waals surface area contributed by atoms with Crippen LogP contribution in [0.2, 0.25) is 0 Å². The summed E-state index contributed by atoms with van der Waals surface area (Å²) < 4.78 is 2.31. The molecule has 4 rings (SSSR count). The van der Waals surface area contributed by atoms with Gasteiger partial charge in [0.2, 0.25) is 11.1 Å². The average Bonchev–Trinajstić information content (AvgIpc) is 3.29.